The Hall–Kier alpha value is -1.84. The second-order valence-electron chi connectivity index (χ2n) is 5.63. The summed E-state index contributed by atoms with van der Waals surface area (Å²) in [5.41, 5.74) is -1.12. The first kappa shape index (κ1) is 16.2. The molecule has 1 heterocycles. The van der Waals surface area contributed by atoms with Crippen LogP contribution in [-0.2, 0) is 6.18 Å². The van der Waals surface area contributed by atoms with Crippen LogP contribution in [0.2, 0.25) is 0 Å². The predicted octanol–water partition coefficient (Wildman–Crippen LogP) is 3.26. The lowest BCUT2D eigenvalue weighted by atomic mass is 9.96. The molecule has 1 rings (SSSR count). The lowest BCUT2D eigenvalue weighted by Gasteiger charge is -2.29. The summed E-state index contributed by atoms with van der Waals surface area (Å²) >= 11 is 0. The molecule has 0 bridgehead atoms. The maximum absolute atomic E-state index is 12.7. The van der Waals surface area contributed by atoms with Crippen molar-refractivity contribution < 1.29 is 13.2 Å². The molecule has 0 saturated carbocycles. The van der Waals surface area contributed by atoms with E-state index in [0.717, 1.165) is 12.3 Å². The van der Waals surface area contributed by atoms with Gasteiger partial charge in [-0.2, -0.15) is 18.4 Å². The fourth-order valence-electron chi connectivity index (χ4n) is 1.67. The molecule has 7 heteroatoms. The Morgan fingerprint density at radius 2 is 1.95 bits per heavy atom. The molecule has 110 valence electrons. The fourth-order valence-corrected chi connectivity index (χ4v) is 1.67. The van der Waals surface area contributed by atoms with Crippen molar-refractivity contribution in [2.45, 2.75) is 33.4 Å². The highest BCUT2D eigenvalue weighted by molar-refractivity contribution is 5.31. The molecule has 20 heavy (non-hydrogen) atoms. The molecule has 4 nitrogen and oxygen atoms in total. The minimum atomic E-state index is -4.50. The summed E-state index contributed by atoms with van der Waals surface area (Å²) in [4.78, 5) is 9.07. The van der Waals surface area contributed by atoms with Gasteiger partial charge in [-0.1, -0.05) is 20.8 Å². The summed E-state index contributed by atoms with van der Waals surface area (Å²) in [6.07, 6.45) is -3.21. The van der Waals surface area contributed by atoms with E-state index < -0.39 is 11.9 Å². The number of hydrogen-bond donors (Lipinski definition) is 0. The zero-order valence-corrected chi connectivity index (χ0v) is 11.7. The lowest BCUT2D eigenvalue weighted by Crippen LogP contribution is -2.35. The Bertz CT molecular complexity index is 486. The third-order valence-electron chi connectivity index (χ3n) is 2.37. The SMILES string of the molecule is CC(C)(C)CN(CCC#N)c1nccc(C(F)(F)F)n1. The molecule has 0 unspecified atom stereocenters. The number of rotatable bonds is 4. The van der Waals surface area contributed by atoms with Crippen LogP contribution in [0.25, 0.3) is 0 Å². The Morgan fingerprint density at radius 3 is 2.45 bits per heavy atom. The van der Waals surface area contributed by atoms with Crippen LogP contribution in [0, 0.1) is 16.7 Å². The van der Waals surface area contributed by atoms with Crippen LogP contribution in [0.1, 0.15) is 32.9 Å². The summed E-state index contributed by atoms with van der Waals surface area (Å²) < 4.78 is 38.0. The first-order valence-corrected chi connectivity index (χ1v) is 6.15. The van der Waals surface area contributed by atoms with Crippen LogP contribution in [-0.4, -0.2) is 23.1 Å². The van der Waals surface area contributed by atoms with Gasteiger partial charge in [-0.15, -0.1) is 0 Å². The predicted molar refractivity (Wildman–Crippen MR) is 68.9 cm³/mol. The molecule has 0 radical (unpaired) electrons. The zero-order valence-electron chi connectivity index (χ0n) is 11.7. The van der Waals surface area contributed by atoms with E-state index in [2.05, 4.69) is 9.97 Å². The number of alkyl halides is 3. The Morgan fingerprint density at radius 1 is 1.30 bits per heavy atom. The second kappa shape index (κ2) is 6.07. The molecule has 0 aliphatic rings. The van der Waals surface area contributed by atoms with E-state index >= 15 is 0 Å². The van der Waals surface area contributed by atoms with Crippen molar-refractivity contribution in [1.29, 1.82) is 5.26 Å². The van der Waals surface area contributed by atoms with Gasteiger partial charge in [-0.25, -0.2) is 9.97 Å². The van der Waals surface area contributed by atoms with Gasteiger partial charge in [0.1, 0.15) is 5.69 Å². The monoisotopic (exact) mass is 286 g/mol. The maximum atomic E-state index is 12.7. The normalized spacial score (nSPS) is 12.1. The minimum Gasteiger partial charge on any atom is -0.339 e. The van der Waals surface area contributed by atoms with Gasteiger partial charge in [-0.3, -0.25) is 0 Å². The number of aromatic nitrogens is 2. The van der Waals surface area contributed by atoms with Gasteiger partial charge in [0.05, 0.1) is 12.5 Å². The smallest absolute Gasteiger partial charge is 0.339 e. The van der Waals surface area contributed by atoms with E-state index in [1.807, 2.05) is 26.8 Å². The van der Waals surface area contributed by atoms with Gasteiger partial charge < -0.3 is 4.90 Å². The number of hydrogen-bond acceptors (Lipinski definition) is 4. The molecule has 0 fully saturated rings. The van der Waals surface area contributed by atoms with Gasteiger partial charge in [0, 0.05) is 19.3 Å². The first-order valence-electron chi connectivity index (χ1n) is 6.15. The fraction of sp³-hybridized carbons (Fsp3) is 0.615. The van der Waals surface area contributed by atoms with E-state index in [-0.39, 0.29) is 17.8 Å². The number of nitriles is 1. The van der Waals surface area contributed by atoms with Crippen LogP contribution in [0.4, 0.5) is 19.1 Å². The van der Waals surface area contributed by atoms with Crippen LogP contribution in [0.5, 0.6) is 0 Å². The van der Waals surface area contributed by atoms with Crippen molar-refractivity contribution in [3.8, 4) is 6.07 Å². The number of nitrogens with zero attached hydrogens (tertiary/aromatic N) is 4. The molecule has 1 aromatic rings. The molecule has 1 aromatic heterocycles. The van der Waals surface area contributed by atoms with Gasteiger partial charge >= 0.3 is 6.18 Å². The largest absolute Gasteiger partial charge is 0.433 e. The van der Waals surface area contributed by atoms with Crippen LogP contribution in [0.3, 0.4) is 0 Å². The van der Waals surface area contributed by atoms with E-state index in [4.69, 9.17) is 5.26 Å². The third-order valence-corrected chi connectivity index (χ3v) is 2.37. The molecule has 0 aliphatic heterocycles. The molecular formula is C13H17F3N4. The van der Waals surface area contributed by atoms with Crippen molar-refractivity contribution in [3.05, 3.63) is 18.0 Å². The molecule has 0 amide bonds. The molecular weight excluding hydrogens is 269 g/mol. The molecule has 0 saturated heterocycles. The Balaban J connectivity index is 3.04. The molecule has 0 aliphatic carbocycles. The average Bonchev–Trinajstić information content (AvgIpc) is 2.32. The van der Waals surface area contributed by atoms with Crippen LogP contribution < -0.4 is 4.90 Å². The van der Waals surface area contributed by atoms with Crippen molar-refractivity contribution >= 4 is 5.95 Å². The van der Waals surface area contributed by atoms with Crippen molar-refractivity contribution in [2.75, 3.05) is 18.0 Å². The summed E-state index contributed by atoms with van der Waals surface area (Å²) in [5, 5.41) is 8.65. The summed E-state index contributed by atoms with van der Waals surface area (Å²) in [5.74, 6) is 0.00463. The van der Waals surface area contributed by atoms with E-state index in [1.165, 1.54) is 0 Å². The first-order chi connectivity index (χ1) is 9.13. The third kappa shape index (κ3) is 5.03. The number of anilines is 1. The highest BCUT2D eigenvalue weighted by Crippen LogP contribution is 2.28. The van der Waals surface area contributed by atoms with Gasteiger partial charge in [0.15, 0.2) is 0 Å². The van der Waals surface area contributed by atoms with E-state index in [9.17, 15) is 13.2 Å². The highest BCUT2D eigenvalue weighted by atomic mass is 19.4. The summed E-state index contributed by atoms with van der Waals surface area (Å²) in [6, 6.07) is 2.82. The molecule has 0 atom stereocenters. The maximum Gasteiger partial charge on any atom is 0.433 e. The van der Waals surface area contributed by atoms with Crippen molar-refractivity contribution in [2.24, 2.45) is 5.41 Å². The highest BCUT2D eigenvalue weighted by Gasteiger charge is 2.33. The van der Waals surface area contributed by atoms with Crippen molar-refractivity contribution in [3.63, 3.8) is 0 Å². The zero-order chi connectivity index (χ0) is 15.4. The van der Waals surface area contributed by atoms with Gasteiger partial charge in [-0.05, 0) is 11.5 Å². The Kier molecular flexibility index (Phi) is 4.93. The van der Waals surface area contributed by atoms with E-state index in [1.54, 1.807) is 4.90 Å². The topological polar surface area (TPSA) is 52.8 Å². The molecule has 0 N–H and O–H groups in total. The Labute approximate surface area is 116 Å². The van der Waals surface area contributed by atoms with E-state index in [0.29, 0.717) is 13.1 Å². The second-order valence-corrected chi connectivity index (χ2v) is 5.63. The van der Waals surface area contributed by atoms with Crippen LogP contribution >= 0.6 is 0 Å². The number of halogens is 3. The van der Waals surface area contributed by atoms with Crippen molar-refractivity contribution in [1.82, 2.24) is 9.97 Å². The van der Waals surface area contributed by atoms with Crippen LogP contribution in [0.15, 0.2) is 12.3 Å². The molecule has 0 aromatic carbocycles. The summed E-state index contributed by atoms with van der Waals surface area (Å²) in [6.45, 7) is 6.64. The molecule has 0 spiro atoms. The van der Waals surface area contributed by atoms with Gasteiger partial charge in [0.2, 0.25) is 5.95 Å². The quantitative estimate of drug-likeness (QED) is 0.852. The average molecular weight is 286 g/mol. The summed E-state index contributed by atoms with van der Waals surface area (Å²) in [7, 11) is 0. The van der Waals surface area contributed by atoms with Gasteiger partial charge in [0.25, 0.3) is 0 Å². The standard InChI is InChI=1S/C13H17F3N4/c1-12(2,3)9-20(8-4-6-17)11-18-7-5-10(19-11)13(14,15)16/h5,7H,4,8-9H2,1-3H3. The lowest BCUT2D eigenvalue weighted by molar-refractivity contribution is -0.141. The minimum absolute atomic E-state index is 0.00463.